The zero-order valence-corrected chi connectivity index (χ0v) is 21.6. The van der Waals surface area contributed by atoms with Crippen molar-refractivity contribution in [3.63, 3.8) is 0 Å². The predicted octanol–water partition coefficient (Wildman–Crippen LogP) is 4.35. The summed E-state index contributed by atoms with van der Waals surface area (Å²) in [6, 6.07) is 5.45. The zero-order valence-electron chi connectivity index (χ0n) is 20.8. The molecule has 1 heterocycles. The molecule has 184 valence electrons. The minimum atomic E-state index is -3.54. The number of carbonyl (C=O) groups is 1. The number of aromatic nitrogens is 2. The molecule has 0 saturated heterocycles. The van der Waals surface area contributed by atoms with Crippen LogP contribution >= 0.6 is 0 Å². The molecule has 1 aliphatic carbocycles. The number of hydrogen-bond acceptors (Lipinski definition) is 4. The number of nitrogens with zero attached hydrogens (tertiary/aromatic N) is 3. The summed E-state index contributed by atoms with van der Waals surface area (Å²) in [7, 11) is -3.54. The molecule has 33 heavy (non-hydrogen) atoms. The van der Waals surface area contributed by atoms with Gasteiger partial charge >= 0.3 is 0 Å². The van der Waals surface area contributed by atoms with Gasteiger partial charge in [0.05, 0.1) is 15.9 Å². The normalized spacial score (nSPS) is 21.6. The van der Waals surface area contributed by atoms with Crippen LogP contribution in [0.2, 0.25) is 0 Å². The van der Waals surface area contributed by atoms with E-state index >= 15 is 0 Å². The fraction of sp³-hybridized carbons (Fsp3) is 0.680. The molecule has 0 bridgehead atoms. The van der Waals surface area contributed by atoms with E-state index in [1.54, 1.807) is 12.1 Å². The molecule has 1 aromatic carbocycles. The van der Waals surface area contributed by atoms with Gasteiger partial charge in [-0.15, -0.1) is 0 Å². The van der Waals surface area contributed by atoms with Gasteiger partial charge in [-0.05, 0) is 42.9 Å². The minimum absolute atomic E-state index is 0.0702. The summed E-state index contributed by atoms with van der Waals surface area (Å²) in [4.78, 5) is 17.7. The van der Waals surface area contributed by atoms with E-state index in [-0.39, 0.29) is 16.8 Å². The number of imidazole rings is 1. The lowest BCUT2D eigenvalue weighted by atomic mass is 9.78. The van der Waals surface area contributed by atoms with Gasteiger partial charge in [-0.1, -0.05) is 47.5 Å². The summed E-state index contributed by atoms with van der Waals surface area (Å²) >= 11 is 0. The highest BCUT2D eigenvalue weighted by Gasteiger charge is 2.28. The number of nitrogens with one attached hydrogen (secondary N) is 1. The Morgan fingerprint density at radius 3 is 2.58 bits per heavy atom. The Balaban J connectivity index is 1.79. The standard InChI is InChI=1S/C25H40N4O3S/c1-6-16-29-23-13-12-20(33(31,32)28(7-2)8-3)17-22(23)26-24(29)14-15-25(30)27-21-11-9-10-18(4)19(21)5/h12-13,17-19,21H,6-11,14-16H2,1-5H3,(H,27,30). The van der Waals surface area contributed by atoms with Gasteiger partial charge in [0.15, 0.2) is 0 Å². The molecule has 3 atom stereocenters. The monoisotopic (exact) mass is 476 g/mol. The van der Waals surface area contributed by atoms with Crippen molar-refractivity contribution < 1.29 is 13.2 Å². The summed E-state index contributed by atoms with van der Waals surface area (Å²) in [6.45, 7) is 11.9. The number of aryl methyl sites for hydroxylation is 2. The lowest BCUT2D eigenvalue weighted by Crippen LogP contribution is -2.43. The van der Waals surface area contributed by atoms with Crippen molar-refractivity contribution in [2.24, 2.45) is 11.8 Å². The molecule has 3 unspecified atom stereocenters. The first kappa shape index (κ1) is 25.7. The zero-order chi connectivity index (χ0) is 24.2. The van der Waals surface area contributed by atoms with Gasteiger partial charge in [0.1, 0.15) is 5.82 Å². The van der Waals surface area contributed by atoms with Crippen molar-refractivity contribution in [1.29, 1.82) is 0 Å². The van der Waals surface area contributed by atoms with Crippen molar-refractivity contribution in [3.8, 4) is 0 Å². The fourth-order valence-corrected chi connectivity index (χ4v) is 6.47. The number of carbonyl (C=O) groups excluding carboxylic acids is 1. The van der Waals surface area contributed by atoms with Gasteiger partial charge in [0.25, 0.3) is 0 Å². The van der Waals surface area contributed by atoms with Gasteiger partial charge in [-0.25, -0.2) is 13.4 Å². The third-order valence-electron chi connectivity index (χ3n) is 7.22. The topological polar surface area (TPSA) is 84.3 Å². The summed E-state index contributed by atoms with van der Waals surface area (Å²) in [5.41, 5.74) is 1.59. The molecule has 3 rings (SSSR count). The average Bonchev–Trinajstić information content (AvgIpc) is 3.13. The molecule has 8 heteroatoms. The summed E-state index contributed by atoms with van der Waals surface area (Å²) in [5.74, 6) is 2.04. The summed E-state index contributed by atoms with van der Waals surface area (Å²) in [6.07, 6.45) is 5.31. The maximum atomic E-state index is 12.9. The molecule has 7 nitrogen and oxygen atoms in total. The van der Waals surface area contributed by atoms with Crippen molar-refractivity contribution in [1.82, 2.24) is 19.2 Å². The molecule has 0 radical (unpaired) electrons. The van der Waals surface area contributed by atoms with Crippen molar-refractivity contribution in [2.45, 2.75) is 90.6 Å². The first-order chi connectivity index (χ1) is 15.7. The quantitative estimate of drug-likeness (QED) is 0.552. The Hall–Kier alpha value is -1.93. The number of sulfonamides is 1. The number of benzene rings is 1. The predicted molar refractivity (Wildman–Crippen MR) is 133 cm³/mol. The Morgan fingerprint density at radius 1 is 1.18 bits per heavy atom. The Kier molecular flexibility index (Phi) is 8.56. The van der Waals surface area contributed by atoms with Crippen LogP contribution in [0.1, 0.15) is 72.5 Å². The van der Waals surface area contributed by atoms with Crippen LogP contribution in [-0.2, 0) is 27.8 Å². The second-order valence-corrected chi connectivity index (χ2v) is 11.3. The van der Waals surface area contributed by atoms with Crippen LogP contribution in [0.5, 0.6) is 0 Å². The van der Waals surface area contributed by atoms with Crippen LogP contribution in [0.25, 0.3) is 11.0 Å². The van der Waals surface area contributed by atoms with Crippen LogP contribution in [-0.4, -0.2) is 47.3 Å². The van der Waals surface area contributed by atoms with Gasteiger partial charge in [-0.3, -0.25) is 4.79 Å². The first-order valence-electron chi connectivity index (χ1n) is 12.5. The van der Waals surface area contributed by atoms with Gasteiger partial charge in [-0.2, -0.15) is 4.31 Å². The maximum Gasteiger partial charge on any atom is 0.243 e. The number of hydrogen-bond donors (Lipinski definition) is 1. The molecule has 2 aromatic rings. The Bertz CT molecular complexity index is 1060. The van der Waals surface area contributed by atoms with Crippen LogP contribution < -0.4 is 5.32 Å². The van der Waals surface area contributed by atoms with E-state index in [0.717, 1.165) is 30.7 Å². The van der Waals surface area contributed by atoms with E-state index < -0.39 is 10.0 Å². The smallest absolute Gasteiger partial charge is 0.243 e. The highest BCUT2D eigenvalue weighted by atomic mass is 32.2. The molecule has 1 saturated carbocycles. The van der Waals surface area contributed by atoms with E-state index in [0.29, 0.717) is 43.3 Å². The molecule has 1 aliphatic rings. The maximum absolute atomic E-state index is 12.9. The molecular weight excluding hydrogens is 436 g/mol. The molecule has 1 aromatic heterocycles. The molecular formula is C25H40N4O3S. The lowest BCUT2D eigenvalue weighted by molar-refractivity contribution is -0.122. The summed E-state index contributed by atoms with van der Waals surface area (Å²) < 4.78 is 29.5. The lowest BCUT2D eigenvalue weighted by Gasteiger charge is -2.34. The molecule has 1 N–H and O–H groups in total. The largest absolute Gasteiger partial charge is 0.353 e. The third kappa shape index (κ3) is 5.60. The average molecular weight is 477 g/mol. The van der Waals surface area contributed by atoms with E-state index in [1.807, 2.05) is 19.9 Å². The Labute approximate surface area is 199 Å². The number of rotatable bonds is 10. The first-order valence-corrected chi connectivity index (χ1v) is 14.0. The highest BCUT2D eigenvalue weighted by molar-refractivity contribution is 7.89. The van der Waals surface area contributed by atoms with Crippen molar-refractivity contribution >= 4 is 27.0 Å². The third-order valence-corrected chi connectivity index (χ3v) is 9.26. The van der Waals surface area contributed by atoms with E-state index in [4.69, 9.17) is 4.98 Å². The van der Waals surface area contributed by atoms with Gasteiger partial charge in [0, 0.05) is 38.5 Å². The van der Waals surface area contributed by atoms with Crippen molar-refractivity contribution in [3.05, 3.63) is 24.0 Å². The van der Waals surface area contributed by atoms with Crippen LogP contribution in [0.4, 0.5) is 0 Å². The molecule has 0 spiro atoms. The van der Waals surface area contributed by atoms with Crippen LogP contribution in [0.3, 0.4) is 0 Å². The highest BCUT2D eigenvalue weighted by Crippen LogP contribution is 2.29. The van der Waals surface area contributed by atoms with E-state index in [2.05, 4.69) is 30.7 Å². The van der Waals surface area contributed by atoms with E-state index in [1.165, 1.54) is 17.1 Å². The second kappa shape index (κ2) is 11.0. The SMILES string of the molecule is CCCn1c(CCC(=O)NC2CCCC(C)C2C)nc2cc(S(=O)(=O)N(CC)CC)ccc21. The number of amides is 1. The molecule has 1 amide bonds. The Morgan fingerprint density at radius 2 is 1.91 bits per heavy atom. The van der Waals surface area contributed by atoms with Gasteiger partial charge < -0.3 is 9.88 Å². The fourth-order valence-electron chi connectivity index (χ4n) is 4.99. The van der Waals surface area contributed by atoms with E-state index in [9.17, 15) is 13.2 Å². The van der Waals surface area contributed by atoms with Crippen LogP contribution in [0.15, 0.2) is 23.1 Å². The summed E-state index contributed by atoms with van der Waals surface area (Å²) in [5, 5.41) is 3.25. The van der Waals surface area contributed by atoms with Gasteiger partial charge in [0.2, 0.25) is 15.9 Å². The minimum Gasteiger partial charge on any atom is -0.353 e. The van der Waals surface area contributed by atoms with Crippen LogP contribution in [0, 0.1) is 11.8 Å². The second-order valence-electron chi connectivity index (χ2n) is 9.36. The molecule has 0 aliphatic heterocycles. The van der Waals surface area contributed by atoms with Crippen molar-refractivity contribution in [2.75, 3.05) is 13.1 Å². The molecule has 1 fully saturated rings. The number of fused-ring (bicyclic) bond motifs is 1.